The van der Waals surface area contributed by atoms with Gasteiger partial charge in [0.05, 0.1) is 0 Å². The molecule has 7 heteroatoms. The fourth-order valence-electron chi connectivity index (χ4n) is 3.10. The number of amides is 2. The van der Waals surface area contributed by atoms with Crippen molar-refractivity contribution >= 4 is 23.6 Å². The van der Waals surface area contributed by atoms with E-state index in [1.54, 1.807) is 0 Å². The first kappa shape index (κ1) is 20.5. The first-order valence-corrected chi connectivity index (χ1v) is 9.47. The molecule has 0 atom stereocenters. The van der Waals surface area contributed by atoms with Gasteiger partial charge < -0.3 is 21.1 Å². The summed E-state index contributed by atoms with van der Waals surface area (Å²) in [5, 5.41) is 17.7. The van der Waals surface area contributed by atoms with E-state index in [4.69, 9.17) is 21.5 Å². The van der Waals surface area contributed by atoms with E-state index in [-0.39, 0.29) is 11.6 Å². The summed E-state index contributed by atoms with van der Waals surface area (Å²) in [5.41, 5.74) is 1.17. The van der Waals surface area contributed by atoms with Gasteiger partial charge in [-0.1, -0.05) is 23.7 Å². The van der Waals surface area contributed by atoms with Gasteiger partial charge in [0, 0.05) is 24.0 Å². The highest BCUT2D eigenvalue weighted by molar-refractivity contribution is 6.30. The highest BCUT2D eigenvalue weighted by Gasteiger charge is 2.43. The van der Waals surface area contributed by atoms with Crippen LogP contribution in [0.5, 0.6) is 0 Å². The zero-order chi connectivity index (χ0) is 19.0. The molecule has 1 saturated carbocycles. The van der Waals surface area contributed by atoms with Crippen LogP contribution in [0, 0.1) is 5.92 Å². The van der Waals surface area contributed by atoms with E-state index in [0.717, 1.165) is 63.7 Å². The van der Waals surface area contributed by atoms with Crippen molar-refractivity contribution in [3.05, 3.63) is 34.9 Å². The maximum Gasteiger partial charge on any atom is 0.315 e. The first-order valence-electron chi connectivity index (χ1n) is 9.09. The van der Waals surface area contributed by atoms with Crippen LogP contribution in [-0.4, -0.2) is 42.3 Å². The number of nitrogens with one attached hydrogen (secondary N) is 3. The van der Waals surface area contributed by atoms with E-state index in [1.165, 1.54) is 5.56 Å². The zero-order valence-corrected chi connectivity index (χ0v) is 15.9. The highest BCUT2D eigenvalue weighted by atomic mass is 35.5. The topological polar surface area (TPSA) is 90.5 Å². The van der Waals surface area contributed by atoms with Crippen LogP contribution in [0.3, 0.4) is 0 Å². The summed E-state index contributed by atoms with van der Waals surface area (Å²) in [6.07, 6.45) is 5.28. The fraction of sp³-hybridized carbons (Fsp3) is 0.579. The zero-order valence-electron chi connectivity index (χ0n) is 15.2. The Morgan fingerprint density at radius 2 is 1.81 bits per heavy atom. The molecule has 2 aliphatic rings. The van der Waals surface area contributed by atoms with Crippen molar-refractivity contribution in [2.45, 2.75) is 44.6 Å². The van der Waals surface area contributed by atoms with Gasteiger partial charge in [0.2, 0.25) is 0 Å². The molecule has 2 fully saturated rings. The van der Waals surface area contributed by atoms with E-state index in [9.17, 15) is 4.79 Å². The number of aliphatic carboxylic acids is 1. The van der Waals surface area contributed by atoms with Crippen molar-refractivity contribution in [2.75, 3.05) is 19.6 Å². The quantitative estimate of drug-likeness (QED) is 0.631. The van der Waals surface area contributed by atoms with Crippen LogP contribution >= 0.6 is 11.6 Å². The van der Waals surface area contributed by atoms with Crippen LogP contribution in [0.4, 0.5) is 4.79 Å². The molecule has 4 N–H and O–H groups in total. The molecular formula is C19H28ClN3O3. The Bertz CT molecular complexity index is 593. The third kappa shape index (κ3) is 7.62. The molecule has 1 aliphatic carbocycles. The molecule has 1 aromatic rings. The van der Waals surface area contributed by atoms with Crippen molar-refractivity contribution in [3.8, 4) is 0 Å². The maximum absolute atomic E-state index is 12.1. The Morgan fingerprint density at radius 1 is 1.23 bits per heavy atom. The molecular weight excluding hydrogens is 354 g/mol. The standard InChI is InChI=1S/C17H24ClN3O.C2H4O2/c18-15-3-1-13(2-4-15)11-17(7-8-17)21-16(22)20-12-14-5-9-19-10-6-14;1-2(3)4/h1-4,14,19H,5-12H2,(H2,20,21,22);1H3,(H,3,4). The van der Waals surface area contributed by atoms with Crippen LogP contribution in [0.1, 0.15) is 38.2 Å². The molecule has 1 saturated heterocycles. The Labute approximate surface area is 159 Å². The molecule has 3 rings (SSSR count). The van der Waals surface area contributed by atoms with Gasteiger partial charge in [0.1, 0.15) is 0 Å². The number of carboxylic acid groups (broad SMARTS) is 1. The second-order valence-electron chi connectivity index (χ2n) is 7.13. The van der Waals surface area contributed by atoms with Crippen LogP contribution in [0.25, 0.3) is 0 Å². The molecule has 0 unspecified atom stereocenters. The second kappa shape index (κ2) is 9.78. The summed E-state index contributed by atoms with van der Waals surface area (Å²) in [6.45, 7) is 3.99. The Morgan fingerprint density at radius 3 is 2.35 bits per heavy atom. The fourth-order valence-corrected chi connectivity index (χ4v) is 3.22. The summed E-state index contributed by atoms with van der Waals surface area (Å²) >= 11 is 5.91. The lowest BCUT2D eigenvalue weighted by atomic mass is 9.98. The predicted molar refractivity (Wildman–Crippen MR) is 103 cm³/mol. The molecule has 2 amide bonds. The van der Waals surface area contributed by atoms with Crippen LogP contribution in [0.2, 0.25) is 5.02 Å². The summed E-state index contributed by atoms with van der Waals surface area (Å²) < 4.78 is 0. The first-order chi connectivity index (χ1) is 12.4. The Kier molecular flexibility index (Phi) is 7.72. The van der Waals surface area contributed by atoms with Gasteiger partial charge in [-0.2, -0.15) is 0 Å². The summed E-state index contributed by atoms with van der Waals surface area (Å²) in [4.78, 5) is 21.1. The van der Waals surface area contributed by atoms with Gasteiger partial charge in [0.25, 0.3) is 5.97 Å². The largest absolute Gasteiger partial charge is 0.481 e. The van der Waals surface area contributed by atoms with E-state index in [1.807, 2.05) is 24.3 Å². The van der Waals surface area contributed by atoms with Crippen LogP contribution in [0.15, 0.2) is 24.3 Å². The minimum Gasteiger partial charge on any atom is -0.481 e. The van der Waals surface area contributed by atoms with Gasteiger partial charge in [-0.25, -0.2) is 4.79 Å². The van der Waals surface area contributed by atoms with Gasteiger partial charge in [-0.15, -0.1) is 0 Å². The van der Waals surface area contributed by atoms with Crippen molar-refractivity contribution in [1.29, 1.82) is 0 Å². The van der Waals surface area contributed by atoms with Crippen LogP contribution < -0.4 is 16.0 Å². The number of piperidine rings is 1. The molecule has 1 heterocycles. The molecule has 144 valence electrons. The summed E-state index contributed by atoms with van der Waals surface area (Å²) in [6, 6.07) is 7.87. The second-order valence-corrected chi connectivity index (χ2v) is 7.57. The molecule has 1 aliphatic heterocycles. The van der Waals surface area contributed by atoms with E-state index >= 15 is 0 Å². The minimum atomic E-state index is -0.833. The number of benzene rings is 1. The molecule has 0 radical (unpaired) electrons. The van der Waals surface area contributed by atoms with Gasteiger partial charge in [0.15, 0.2) is 0 Å². The number of hydrogen-bond donors (Lipinski definition) is 4. The summed E-state index contributed by atoms with van der Waals surface area (Å²) in [5.74, 6) is -0.224. The average molecular weight is 382 g/mol. The third-order valence-electron chi connectivity index (χ3n) is 4.70. The van der Waals surface area contributed by atoms with Crippen molar-refractivity contribution in [3.63, 3.8) is 0 Å². The predicted octanol–water partition coefficient (Wildman–Crippen LogP) is 2.80. The number of carbonyl (C=O) groups is 2. The van der Waals surface area contributed by atoms with Crippen molar-refractivity contribution < 1.29 is 14.7 Å². The normalized spacial score (nSPS) is 18.2. The Hall–Kier alpha value is -1.79. The van der Waals surface area contributed by atoms with Crippen molar-refractivity contribution in [1.82, 2.24) is 16.0 Å². The number of carboxylic acids is 1. The Balaban J connectivity index is 0.000000552. The molecule has 0 spiro atoms. The molecule has 0 bridgehead atoms. The molecule has 0 aromatic heterocycles. The monoisotopic (exact) mass is 381 g/mol. The lowest BCUT2D eigenvalue weighted by Crippen LogP contribution is -2.46. The average Bonchev–Trinajstić information content (AvgIpc) is 3.35. The molecule has 1 aromatic carbocycles. The minimum absolute atomic E-state index is 0.0232. The van der Waals surface area contributed by atoms with Gasteiger partial charge in [-0.3, -0.25) is 4.79 Å². The van der Waals surface area contributed by atoms with Crippen LogP contribution in [-0.2, 0) is 11.2 Å². The number of urea groups is 1. The smallest absolute Gasteiger partial charge is 0.315 e. The lowest BCUT2D eigenvalue weighted by molar-refractivity contribution is -0.134. The molecule has 6 nitrogen and oxygen atoms in total. The highest BCUT2D eigenvalue weighted by Crippen LogP contribution is 2.38. The van der Waals surface area contributed by atoms with E-state index < -0.39 is 5.97 Å². The van der Waals surface area contributed by atoms with E-state index in [2.05, 4.69) is 16.0 Å². The maximum atomic E-state index is 12.1. The summed E-state index contributed by atoms with van der Waals surface area (Å²) in [7, 11) is 0. The lowest BCUT2D eigenvalue weighted by Gasteiger charge is -2.24. The SMILES string of the molecule is CC(=O)O.O=C(NCC1CCNCC1)NC1(Cc2ccc(Cl)cc2)CC1. The van der Waals surface area contributed by atoms with Gasteiger partial charge >= 0.3 is 6.03 Å². The van der Waals surface area contributed by atoms with Gasteiger partial charge in [-0.05, 0) is 68.8 Å². The van der Waals surface area contributed by atoms with E-state index in [0.29, 0.717) is 5.92 Å². The number of carbonyl (C=O) groups excluding carboxylic acids is 1. The number of rotatable bonds is 5. The molecule has 26 heavy (non-hydrogen) atoms. The number of hydrogen-bond acceptors (Lipinski definition) is 3. The number of halogens is 1. The van der Waals surface area contributed by atoms with Crippen molar-refractivity contribution in [2.24, 2.45) is 5.92 Å². The third-order valence-corrected chi connectivity index (χ3v) is 4.95.